The summed E-state index contributed by atoms with van der Waals surface area (Å²) in [6, 6.07) is 14.6. The van der Waals surface area contributed by atoms with E-state index < -0.39 is 0 Å². The molecule has 0 saturated heterocycles. The molecule has 0 saturated carbocycles. The van der Waals surface area contributed by atoms with Crippen LogP contribution in [0.1, 0.15) is 0 Å². The summed E-state index contributed by atoms with van der Waals surface area (Å²) in [6.45, 7) is 0. The van der Waals surface area contributed by atoms with Gasteiger partial charge in [0.1, 0.15) is 19.0 Å². The second-order valence-corrected chi connectivity index (χ2v) is 6.25. The molecule has 0 atom stereocenters. The summed E-state index contributed by atoms with van der Waals surface area (Å²) in [4.78, 5) is 29.5. The number of rotatable bonds is 0. The van der Waals surface area contributed by atoms with Crippen molar-refractivity contribution in [3.05, 3.63) is 167 Å². The Morgan fingerprint density at radius 3 is 0.690 bits per heavy atom. The standard InChI is InChI=1S/C5H5N.4C4H4N2.2C3H3N3/c1-2-4-6-5-3-1;1-2-6-4-3-5-1;2*1-2-5-4-6-3-1;1-2-4-6-5-3-1;1-2-5-6-3-4-1;1-2-4-6-5-3-1/h1-5H;4*1-4H;2*1-3H. The number of nitrogens with zero attached hydrogens (tertiary/aromatic N) is 15. The molecule has 0 aliphatic rings. The number of hydrogen-bond donors (Lipinski definition) is 0. The zero-order valence-electron chi connectivity index (χ0n) is 22.3. The molecule has 0 aromatic carbocycles. The van der Waals surface area contributed by atoms with Gasteiger partial charge in [0.25, 0.3) is 0 Å². The molecule has 0 N–H and O–H groups in total. The van der Waals surface area contributed by atoms with Crippen LogP contribution in [-0.2, 0) is 0 Å². The quantitative estimate of drug-likeness (QED) is 0.262. The second-order valence-electron chi connectivity index (χ2n) is 6.25. The third-order valence-electron chi connectivity index (χ3n) is 3.30. The largest absolute Gasteiger partial charge is 0.265 e. The van der Waals surface area contributed by atoms with Gasteiger partial charge in [0.2, 0.25) is 0 Å². The fourth-order valence-electron chi connectivity index (χ4n) is 1.74. The molecule has 0 aliphatic carbocycles. The zero-order chi connectivity index (χ0) is 29.7. The van der Waals surface area contributed by atoms with E-state index in [0.29, 0.717) is 0 Å². The van der Waals surface area contributed by atoms with Gasteiger partial charge in [0.05, 0.1) is 18.6 Å². The molecule has 0 aliphatic heterocycles. The Bertz CT molecular complexity index is 853. The van der Waals surface area contributed by atoms with Crippen LogP contribution < -0.4 is 0 Å². The van der Waals surface area contributed by atoms with E-state index in [2.05, 4.69) is 75.7 Å². The third-order valence-corrected chi connectivity index (χ3v) is 3.30. The van der Waals surface area contributed by atoms with Crippen molar-refractivity contribution in [2.45, 2.75) is 0 Å². The van der Waals surface area contributed by atoms with E-state index in [-0.39, 0.29) is 0 Å². The van der Waals surface area contributed by atoms with Gasteiger partial charge in [-0.15, -0.1) is 15.3 Å². The van der Waals surface area contributed by atoms with Crippen molar-refractivity contribution in [2.24, 2.45) is 0 Å². The van der Waals surface area contributed by atoms with Crippen molar-refractivity contribution in [3.63, 3.8) is 0 Å². The summed E-state index contributed by atoms with van der Waals surface area (Å²) in [5, 5.41) is 24.1. The van der Waals surface area contributed by atoms with Crippen molar-refractivity contribution in [1.29, 1.82) is 0 Å². The molecule has 0 fully saturated rings. The van der Waals surface area contributed by atoms with Crippen molar-refractivity contribution in [1.82, 2.24) is 75.7 Å². The highest BCUT2D eigenvalue weighted by molar-refractivity contribution is 4.88. The van der Waals surface area contributed by atoms with Gasteiger partial charge in [0.15, 0.2) is 0 Å². The minimum absolute atomic E-state index is 1.39. The third kappa shape index (κ3) is 28.1. The van der Waals surface area contributed by atoms with Gasteiger partial charge in [-0.3, -0.25) is 15.0 Å². The fraction of sp³-hybridized carbons (Fsp3) is 0. The molecular formula is C27H27N15. The van der Waals surface area contributed by atoms with Crippen LogP contribution in [0.2, 0.25) is 0 Å². The van der Waals surface area contributed by atoms with Crippen LogP contribution in [0.4, 0.5) is 0 Å². The van der Waals surface area contributed by atoms with E-state index in [1.54, 1.807) is 111 Å². The van der Waals surface area contributed by atoms with Crippen LogP contribution in [0.5, 0.6) is 0 Å². The Morgan fingerprint density at radius 2 is 0.548 bits per heavy atom. The van der Waals surface area contributed by atoms with Crippen LogP contribution in [0.3, 0.4) is 0 Å². The Balaban J connectivity index is 0.000000245. The summed E-state index contributed by atoms with van der Waals surface area (Å²) in [5.41, 5.74) is 0. The summed E-state index contributed by atoms with van der Waals surface area (Å²) < 4.78 is 0. The molecule has 7 rings (SSSR count). The first-order valence-corrected chi connectivity index (χ1v) is 11.8. The Hall–Kier alpha value is -6.51. The van der Waals surface area contributed by atoms with E-state index in [1.165, 1.54) is 25.2 Å². The van der Waals surface area contributed by atoms with Crippen LogP contribution in [0, 0.1) is 0 Å². The molecule has 0 spiro atoms. The Morgan fingerprint density at radius 1 is 0.190 bits per heavy atom. The molecule has 7 heterocycles. The van der Waals surface area contributed by atoms with Gasteiger partial charge >= 0.3 is 0 Å². The highest BCUT2D eigenvalue weighted by Gasteiger charge is 1.63. The topological polar surface area (TPSA) is 193 Å². The molecular weight excluding hydrogens is 534 g/mol. The van der Waals surface area contributed by atoms with Crippen molar-refractivity contribution in [3.8, 4) is 0 Å². The second kappa shape index (κ2) is 30.7. The molecule has 0 unspecified atom stereocenters. The maximum absolute atomic E-state index is 3.78. The van der Waals surface area contributed by atoms with Crippen LogP contribution >= 0.6 is 0 Å². The molecule has 0 bridgehead atoms. The summed E-state index contributed by atoms with van der Waals surface area (Å²) in [5.74, 6) is 0. The van der Waals surface area contributed by atoms with Gasteiger partial charge < -0.3 is 0 Å². The summed E-state index contributed by atoms with van der Waals surface area (Å²) >= 11 is 0. The van der Waals surface area contributed by atoms with Crippen molar-refractivity contribution in [2.75, 3.05) is 0 Å². The maximum Gasteiger partial charge on any atom is 0.138 e. The maximum atomic E-state index is 3.78. The lowest BCUT2D eigenvalue weighted by Gasteiger charge is -1.70. The van der Waals surface area contributed by atoms with Crippen molar-refractivity contribution >= 4 is 0 Å². The molecule has 210 valence electrons. The highest BCUT2D eigenvalue weighted by Crippen LogP contribution is 1.74. The van der Waals surface area contributed by atoms with Gasteiger partial charge in [-0.05, 0) is 47.7 Å². The summed E-state index contributed by atoms with van der Waals surface area (Å²) in [6.07, 6.45) is 30.7. The predicted octanol–water partition coefficient (Wildman–Crippen LogP) is 2.73. The number of pyridine rings is 1. The Kier molecular flexibility index (Phi) is 24.5. The monoisotopic (exact) mass is 561 g/mol. The first-order chi connectivity index (χ1) is 21.0. The predicted molar refractivity (Wildman–Crippen MR) is 152 cm³/mol. The number of aromatic nitrogens is 15. The van der Waals surface area contributed by atoms with E-state index in [9.17, 15) is 0 Å². The van der Waals surface area contributed by atoms with Crippen molar-refractivity contribution < 1.29 is 0 Å². The summed E-state index contributed by atoms with van der Waals surface area (Å²) in [7, 11) is 0. The van der Waals surface area contributed by atoms with E-state index in [4.69, 9.17) is 0 Å². The van der Waals surface area contributed by atoms with Gasteiger partial charge in [-0.25, -0.2) is 24.9 Å². The smallest absolute Gasteiger partial charge is 0.138 e. The molecule has 15 heteroatoms. The first-order valence-electron chi connectivity index (χ1n) is 11.8. The van der Waals surface area contributed by atoms with Crippen LogP contribution in [0.25, 0.3) is 0 Å². The van der Waals surface area contributed by atoms with E-state index >= 15 is 0 Å². The SMILES string of the molecule is c1ccncc1.c1ccnnc1.c1cnccn1.c1cncnc1.c1cncnc1.c1cnncn1.c1cnnnc1. The lowest BCUT2D eigenvalue weighted by molar-refractivity contribution is 0.865. The Labute approximate surface area is 242 Å². The highest BCUT2D eigenvalue weighted by atomic mass is 15.3. The minimum atomic E-state index is 1.39. The zero-order valence-corrected chi connectivity index (χ0v) is 22.3. The van der Waals surface area contributed by atoms with E-state index in [1.807, 2.05) is 30.3 Å². The molecule has 0 amide bonds. The van der Waals surface area contributed by atoms with Gasteiger partial charge in [-0.1, -0.05) is 6.07 Å². The van der Waals surface area contributed by atoms with Crippen LogP contribution in [-0.4, -0.2) is 75.7 Å². The molecule has 7 aromatic heterocycles. The lowest BCUT2D eigenvalue weighted by atomic mass is 10.5. The lowest BCUT2D eigenvalue weighted by Crippen LogP contribution is -1.78. The van der Waals surface area contributed by atoms with E-state index in [0.717, 1.165) is 0 Å². The fourth-order valence-corrected chi connectivity index (χ4v) is 1.74. The van der Waals surface area contributed by atoms with Crippen LogP contribution in [0.15, 0.2) is 167 Å². The molecule has 0 radical (unpaired) electrons. The normalized spacial score (nSPS) is 8.00. The molecule has 15 nitrogen and oxygen atoms in total. The van der Waals surface area contributed by atoms with Gasteiger partial charge in [0, 0.05) is 80.6 Å². The van der Waals surface area contributed by atoms with Gasteiger partial charge in [-0.2, -0.15) is 15.3 Å². The minimum Gasteiger partial charge on any atom is -0.265 e. The molecule has 42 heavy (non-hydrogen) atoms. The molecule has 7 aromatic rings. The number of hydrogen-bond acceptors (Lipinski definition) is 15. The first kappa shape index (κ1) is 33.5. The average Bonchev–Trinajstić information content (AvgIpc) is 3.15. The average molecular weight is 562 g/mol.